The van der Waals surface area contributed by atoms with Gasteiger partial charge in [0.2, 0.25) is 11.1 Å². The van der Waals surface area contributed by atoms with Gasteiger partial charge in [-0.2, -0.15) is 4.68 Å². The average molecular weight is 355 g/mol. The third kappa shape index (κ3) is 3.63. The summed E-state index contributed by atoms with van der Waals surface area (Å²) in [5.74, 6) is 5.48. The van der Waals surface area contributed by atoms with E-state index in [4.69, 9.17) is 5.84 Å². The van der Waals surface area contributed by atoms with Crippen molar-refractivity contribution in [2.45, 2.75) is 24.3 Å². The fraction of sp³-hybridized carbons (Fsp3) is 0.176. The van der Waals surface area contributed by atoms with Gasteiger partial charge in [0.05, 0.1) is 5.25 Å². The fourth-order valence-corrected chi connectivity index (χ4v) is 3.04. The number of nitrogens with two attached hydrogens (primary N) is 1. The second kappa shape index (κ2) is 6.94. The van der Waals surface area contributed by atoms with E-state index < -0.39 is 10.8 Å². The average Bonchev–Trinajstić information content (AvgIpc) is 2.62. The van der Waals surface area contributed by atoms with Crippen molar-refractivity contribution in [1.82, 2.24) is 14.9 Å². The molecule has 0 aliphatic carbocycles. The Hall–Kier alpha value is -2.87. The number of anilines is 1. The van der Waals surface area contributed by atoms with Crippen LogP contribution in [0.3, 0.4) is 0 Å². The Bertz CT molecular complexity index is 1000. The Morgan fingerprint density at radius 1 is 1.20 bits per heavy atom. The number of thioether (sulfide) groups is 1. The molecule has 7 nitrogen and oxygen atoms in total. The van der Waals surface area contributed by atoms with E-state index in [1.807, 2.05) is 42.5 Å². The number of rotatable bonds is 4. The van der Waals surface area contributed by atoms with E-state index in [9.17, 15) is 9.59 Å². The number of aromatic nitrogens is 3. The van der Waals surface area contributed by atoms with E-state index in [2.05, 4.69) is 15.5 Å². The molecule has 3 rings (SSSR count). The molecule has 0 bridgehead atoms. The van der Waals surface area contributed by atoms with Crippen LogP contribution in [-0.2, 0) is 4.79 Å². The maximum atomic E-state index is 12.4. The quantitative estimate of drug-likeness (QED) is 0.548. The Labute approximate surface area is 148 Å². The lowest BCUT2D eigenvalue weighted by Gasteiger charge is -2.13. The third-order valence-electron chi connectivity index (χ3n) is 3.69. The van der Waals surface area contributed by atoms with Crippen molar-refractivity contribution in [2.24, 2.45) is 0 Å². The molecule has 0 saturated carbocycles. The topological polar surface area (TPSA) is 103 Å². The van der Waals surface area contributed by atoms with E-state index in [0.717, 1.165) is 27.2 Å². The lowest BCUT2D eigenvalue weighted by molar-refractivity contribution is -0.115. The summed E-state index contributed by atoms with van der Waals surface area (Å²) < 4.78 is 0.910. The van der Waals surface area contributed by atoms with Gasteiger partial charge >= 0.3 is 0 Å². The summed E-state index contributed by atoms with van der Waals surface area (Å²) >= 11 is 1.08. The Morgan fingerprint density at radius 2 is 1.92 bits per heavy atom. The first-order valence-electron chi connectivity index (χ1n) is 7.63. The van der Waals surface area contributed by atoms with Crippen LogP contribution in [0.4, 0.5) is 5.69 Å². The van der Waals surface area contributed by atoms with Gasteiger partial charge in [-0.1, -0.05) is 42.1 Å². The molecule has 3 aromatic rings. The largest absolute Gasteiger partial charge is 0.334 e. The maximum Gasteiger partial charge on any atom is 0.294 e. The minimum absolute atomic E-state index is 0.191. The number of nitrogens with one attached hydrogen (secondary N) is 1. The van der Waals surface area contributed by atoms with Crippen molar-refractivity contribution in [3.8, 4) is 0 Å². The molecule has 2 aromatic carbocycles. The molecule has 1 atom stereocenters. The second-order valence-corrected chi connectivity index (χ2v) is 6.86. The van der Waals surface area contributed by atoms with E-state index in [1.165, 1.54) is 6.92 Å². The summed E-state index contributed by atoms with van der Waals surface area (Å²) in [6.07, 6.45) is 0. The molecule has 128 valence electrons. The fourth-order valence-electron chi connectivity index (χ4n) is 2.27. The first-order chi connectivity index (χ1) is 12.0. The molecule has 1 amide bonds. The van der Waals surface area contributed by atoms with Crippen LogP contribution in [-0.4, -0.2) is 26.0 Å². The van der Waals surface area contributed by atoms with Crippen LogP contribution in [0.5, 0.6) is 0 Å². The van der Waals surface area contributed by atoms with Crippen LogP contribution in [0, 0.1) is 6.92 Å². The van der Waals surface area contributed by atoms with Crippen LogP contribution >= 0.6 is 11.8 Å². The number of nitrogens with zero attached hydrogens (tertiary/aromatic N) is 3. The first-order valence-corrected chi connectivity index (χ1v) is 8.51. The summed E-state index contributed by atoms with van der Waals surface area (Å²) in [5, 5.41) is 12.3. The zero-order valence-corrected chi connectivity index (χ0v) is 14.6. The lowest BCUT2D eigenvalue weighted by atomic mass is 10.1. The van der Waals surface area contributed by atoms with Gasteiger partial charge in [0, 0.05) is 5.69 Å². The van der Waals surface area contributed by atoms with E-state index in [0.29, 0.717) is 5.69 Å². The highest BCUT2D eigenvalue weighted by molar-refractivity contribution is 8.00. The highest BCUT2D eigenvalue weighted by Gasteiger charge is 2.18. The number of amides is 1. The predicted octanol–water partition coefficient (Wildman–Crippen LogP) is 1.93. The Balaban J connectivity index is 1.74. The number of fused-ring (bicyclic) bond motifs is 1. The number of nitrogen functional groups attached to an aromatic ring is 1. The normalized spacial score (nSPS) is 12.1. The molecule has 1 heterocycles. The second-order valence-electron chi connectivity index (χ2n) is 5.55. The van der Waals surface area contributed by atoms with Crippen molar-refractivity contribution in [3.05, 3.63) is 58.5 Å². The summed E-state index contributed by atoms with van der Waals surface area (Å²) in [5.41, 5.74) is 0.482. The van der Waals surface area contributed by atoms with Crippen molar-refractivity contribution in [2.75, 3.05) is 11.2 Å². The summed E-state index contributed by atoms with van der Waals surface area (Å²) in [4.78, 5) is 24.2. The molecule has 0 unspecified atom stereocenters. The zero-order valence-electron chi connectivity index (χ0n) is 13.8. The van der Waals surface area contributed by atoms with Gasteiger partial charge in [0.25, 0.3) is 5.56 Å². The SMILES string of the molecule is Cc1nnc(S[C@H](C)C(=O)Nc2ccc3ccccc3c2)n(N)c1=O. The van der Waals surface area contributed by atoms with Gasteiger partial charge in [0.15, 0.2) is 0 Å². The van der Waals surface area contributed by atoms with E-state index >= 15 is 0 Å². The van der Waals surface area contributed by atoms with Crippen LogP contribution < -0.4 is 16.7 Å². The van der Waals surface area contributed by atoms with Crippen molar-refractivity contribution in [1.29, 1.82) is 0 Å². The minimum atomic E-state index is -0.502. The highest BCUT2D eigenvalue weighted by Crippen LogP contribution is 2.22. The Kier molecular flexibility index (Phi) is 4.71. The molecule has 25 heavy (non-hydrogen) atoms. The number of benzene rings is 2. The predicted molar refractivity (Wildman–Crippen MR) is 99.1 cm³/mol. The van der Waals surface area contributed by atoms with Gasteiger partial charge in [-0.3, -0.25) is 9.59 Å². The third-order valence-corrected chi connectivity index (χ3v) is 4.75. The molecular weight excluding hydrogens is 338 g/mol. The number of carbonyl (C=O) groups is 1. The zero-order chi connectivity index (χ0) is 18.0. The Morgan fingerprint density at radius 3 is 2.68 bits per heavy atom. The number of hydrogen-bond acceptors (Lipinski definition) is 6. The summed E-state index contributed by atoms with van der Waals surface area (Å²) in [7, 11) is 0. The highest BCUT2D eigenvalue weighted by atomic mass is 32.2. The number of hydrogen-bond donors (Lipinski definition) is 2. The molecular formula is C17H17N5O2S. The monoisotopic (exact) mass is 355 g/mol. The van der Waals surface area contributed by atoms with Crippen molar-refractivity contribution in [3.63, 3.8) is 0 Å². The van der Waals surface area contributed by atoms with Crippen molar-refractivity contribution < 1.29 is 4.79 Å². The molecule has 0 saturated heterocycles. The molecule has 0 aliphatic rings. The first kappa shape index (κ1) is 17.0. The van der Waals surface area contributed by atoms with Gasteiger partial charge in [0.1, 0.15) is 5.69 Å². The van der Waals surface area contributed by atoms with Gasteiger partial charge in [-0.15, -0.1) is 10.2 Å². The lowest BCUT2D eigenvalue weighted by Crippen LogP contribution is -2.33. The summed E-state index contributed by atoms with van der Waals surface area (Å²) in [6.45, 7) is 3.25. The molecule has 0 aliphatic heterocycles. The molecule has 0 fully saturated rings. The maximum absolute atomic E-state index is 12.4. The summed E-state index contributed by atoms with van der Waals surface area (Å²) in [6, 6.07) is 13.6. The van der Waals surface area contributed by atoms with E-state index in [-0.39, 0.29) is 16.8 Å². The molecule has 3 N–H and O–H groups in total. The van der Waals surface area contributed by atoms with Crippen LogP contribution in [0.2, 0.25) is 0 Å². The smallest absolute Gasteiger partial charge is 0.294 e. The van der Waals surface area contributed by atoms with Crippen LogP contribution in [0.15, 0.2) is 52.4 Å². The van der Waals surface area contributed by atoms with Crippen LogP contribution in [0.25, 0.3) is 10.8 Å². The number of aryl methyl sites for hydroxylation is 1. The molecule has 1 aromatic heterocycles. The van der Waals surface area contributed by atoms with Gasteiger partial charge in [-0.05, 0) is 36.8 Å². The van der Waals surface area contributed by atoms with Gasteiger partial charge in [-0.25, -0.2) is 0 Å². The van der Waals surface area contributed by atoms with E-state index in [1.54, 1.807) is 6.92 Å². The van der Waals surface area contributed by atoms with Gasteiger partial charge < -0.3 is 11.2 Å². The molecule has 0 radical (unpaired) electrons. The standard InChI is InChI=1S/C17H17N5O2S/c1-10-16(24)22(18)17(21-20-10)25-11(2)15(23)19-14-8-7-12-5-3-4-6-13(12)9-14/h3-9,11H,18H2,1-2H3,(H,19,23)/t11-/m1/s1. The minimum Gasteiger partial charge on any atom is -0.334 e. The van der Waals surface area contributed by atoms with Crippen molar-refractivity contribution >= 4 is 34.1 Å². The van der Waals surface area contributed by atoms with Crippen LogP contribution in [0.1, 0.15) is 12.6 Å². The number of carbonyl (C=O) groups excluding carboxylic acids is 1. The molecule has 0 spiro atoms. The molecule has 8 heteroatoms.